The minimum atomic E-state index is 0.0480. The van der Waals surface area contributed by atoms with Crippen molar-refractivity contribution in [1.29, 1.82) is 0 Å². The fourth-order valence-electron chi connectivity index (χ4n) is 3.14. The Morgan fingerprint density at radius 3 is 2.24 bits per heavy atom. The molecule has 2 N–H and O–H groups in total. The van der Waals surface area contributed by atoms with Crippen LogP contribution in [0.4, 0.5) is 0 Å². The van der Waals surface area contributed by atoms with E-state index >= 15 is 0 Å². The van der Waals surface area contributed by atoms with E-state index in [1.54, 1.807) is 7.11 Å². The van der Waals surface area contributed by atoms with Gasteiger partial charge < -0.3 is 15.4 Å². The maximum absolute atomic E-state index is 6.46. The summed E-state index contributed by atoms with van der Waals surface area (Å²) in [5.74, 6) is 0.880. The van der Waals surface area contributed by atoms with Gasteiger partial charge in [-0.05, 0) is 64.6 Å². The zero-order valence-electron chi connectivity index (χ0n) is 13.7. The number of likely N-dealkylation sites (tertiary alicyclic amines) is 1. The number of hydrogen-bond acceptors (Lipinski definition) is 4. The average Bonchev–Trinajstić information content (AvgIpc) is 2.53. The Labute approximate surface area is 128 Å². The predicted octanol–water partition coefficient (Wildman–Crippen LogP) is 2.11. The Hall–Kier alpha value is -1.10. The zero-order valence-corrected chi connectivity index (χ0v) is 13.7. The number of ether oxygens (including phenoxy) is 1. The Morgan fingerprint density at radius 1 is 1.19 bits per heavy atom. The first-order chi connectivity index (χ1) is 10.0. The molecule has 0 amide bonds. The van der Waals surface area contributed by atoms with Crippen LogP contribution in [0.25, 0.3) is 0 Å². The van der Waals surface area contributed by atoms with Crippen molar-refractivity contribution in [2.45, 2.75) is 37.9 Å². The minimum absolute atomic E-state index is 0.0480. The smallest absolute Gasteiger partial charge is 0.118 e. The summed E-state index contributed by atoms with van der Waals surface area (Å²) < 4.78 is 5.20. The van der Waals surface area contributed by atoms with Gasteiger partial charge in [0.25, 0.3) is 0 Å². The van der Waals surface area contributed by atoms with Crippen molar-refractivity contribution < 1.29 is 4.74 Å². The lowest BCUT2D eigenvalue weighted by Gasteiger charge is -2.40. The summed E-state index contributed by atoms with van der Waals surface area (Å²) in [5, 5.41) is 0. The monoisotopic (exact) mass is 291 g/mol. The zero-order chi connectivity index (χ0) is 15.4. The van der Waals surface area contributed by atoms with Gasteiger partial charge in [-0.1, -0.05) is 12.1 Å². The lowest BCUT2D eigenvalue weighted by molar-refractivity contribution is 0.103. The third kappa shape index (κ3) is 3.96. The third-order valence-electron chi connectivity index (χ3n) is 4.83. The summed E-state index contributed by atoms with van der Waals surface area (Å²) in [4.78, 5) is 4.86. The molecule has 4 heteroatoms. The van der Waals surface area contributed by atoms with E-state index in [0.29, 0.717) is 12.1 Å². The highest BCUT2D eigenvalue weighted by Crippen LogP contribution is 2.24. The number of hydrogen-bond donors (Lipinski definition) is 1. The van der Waals surface area contributed by atoms with Crippen LogP contribution in [-0.2, 0) is 0 Å². The van der Waals surface area contributed by atoms with Gasteiger partial charge in [0.1, 0.15) is 5.75 Å². The fraction of sp³-hybridized carbons (Fsp3) is 0.647. The SMILES string of the molecule is COc1ccc(C(N)C(C)N2CCC(N(C)C)CC2)cc1. The number of rotatable bonds is 5. The van der Waals surface area contributed by atoms with Crippen LogP contribution in [0.3, 0.4) is 0 Å². The van der Waals surface area contributed by atoms with Crippen LogP contribution >= 0.6 is 0 Å². The molecule has 2 rings (SSSR count). The van der Waals surface area contributed by atoms with Gasteiger partial charge in [0.05, 0.1) is 7.11 Å². The first-order valence-corrected chi connectivity index (χ1v) is 7.83. The first-order valence-electron chi connectivity index (χ1n) is 7.83. The fourth-order valence-corrected chi connectivity index (χ4v) is 3.14. The normalized spacial score (nSPS) is 20.5. The van der Waals surface area contributed by atoms with E-state index in [9.17, 15) is 0 Å². The van der Waals surface area contributed by atoms with Gasteiger partial charge in [0, 0.05) is 18.1 Å². The van der Waals surface area contributed by atoms with Gasteiger partial charge >= 0.3 is 0 Å². The van der Waals surface area contributed by atoms with Crippen LogP contribution in [-0.4, -0.2) is 56.2 Å². The van der Waals surface area contributed by atoms with Crippen LogP contribution in [0.15, 0.2) is 24.3 Å². The lowest BCUT2D eigenvalue weighted by Crippen LogP contribution is -2.48. The molecular formula is C17H29N3O. The Kier molecular flexibility index (Phi) is 5.62. The molecule has 2 atom stereocenters. The van der Waals surface area contributed by atoms with Gasteiger partial charge in [0.2, 0.25) is 0 Å². The van der Waals surface area contributed by atoms with Gasteiger partial charge in [0.15, 0.2) is 0 Å². The Morgan fingerprint density at radius 2 is 1.76 bits per heavy atom. The predicted molar refractivity (Wildman–Crippen MR) is 87.7 cm³/mol. The molecule has 1 aliphatic rings. The molecule has 4 nitrogen and oxygen atoms in total. The number of piperidine rings is 1. The molecule has 2 unspecified atom stereocenters. The van der Waals surface area contributed by atoms with Crippen molar-refractivity contribution >= 4 is 0 Å². The largest absolute Gasteiger partial charge is 0.497 e. The standard InChI is InChI=1S/C17H29N3O/c1-13(20-11-9-15(10-12-20)19(2)3)17(18)14-5-7-16(21-4)8-6-14/h5-8,13,15,17H,9-12,18H2,1-4H3. The molecular weight excluding hydrogens is 262 g/mol. The van der Waals surface area contributed by atoms with Gasteiger partial charge in [-0.15, -0.1) is 0 Å². The molecule has 0 spiro atoms. The van der Waals surface area contributed by atoms with Gasteiger partial charge in [-0.25, -0.2) is 0 Å². The molecule has 1 heterocycles. The summed E-state index contributed by atoms with van der Waals surface area (Å²) in [7, 11) is 6.03. The summed E-state index contributed by atoms with van der Waals surface area (Å²) in [6.45, 7) is 4.51. The maximum Gasteiger partial charge on any atom is 0.118 e. The van der Waals surface area contributed by atoms with Gasteiger partial charge in [-0.2, -0.15) is 0 Å². The minimum Gasteiger partial charge on any atom is -0.497 e. The van der Waals surface area contributed by atoms with Crippen molar-refractivity contribution in [3.63, 3.8) is 0 Å². The molecule has 1 aromatic carbocycles. The summed E-state index contributed by atoms with van der Waals surface area (Å²) in [5.41, 5.74) is 7.64. The number of benzene rings is 1. The van der Waals surface area contributed by atoms with Crippen LogP contribution in [0.1, 0.15) is 31.4 Å². The maximum atomic E-state index is 6.46. The summed E-state index contributed by atoms with van der Waals surface area (Å²) >= 11 is 0. The molecule has 21 heavy (non-hydrogen) atoms. The van der Waals surface area contributed by atoms with E-state index in [-0.39, 0.29) is 6.04 Å². The van der Waals surface area contributed by atoms with E-state index in [4.69, 9.17) is 10.5 Å². The highest BCUT2D eigenvalue weighted by Gasteiger charge is 2.27. The van der Waals surface area contributed by atoms with E-state index < -0.39 is 0 Å². The number of nitrogens with two attached hydrogens (primary N) is 1. The molecule has 0 aromatic heterocycles. The first kappa shape index (κ1) is 16.3. The Balaban J connectivity index is 1.94. The molecule has 1 saturated heterocycles. The van der Waals surface area contributed by atoms with Crippen LogP contribution in [0.5, 0.6) is 5.75 Å². The van der Waals surface area contributed by atoms with E-state index in [1.807, 2.05) is 12.1 Å². The van der Waals surface area contributed by atoms with E-state index in [1.165, 1.54) is 18.4 Å². The summed E-state index contributed by atoms with van der Waals surface area (Å²) in [6.07, 6.45) is 2.46. The van der Waals surface area contributed by atoms with Crippen LogP contribution in [0.2, 0.25) is 0 Å². The van der Waals surface area contributed by atoms with Crippen molar-refractivity contribution in [2.24, 2.45) is 5.73 Å². The Bertz CT molecular complexity index is 424. The highest BCUT2D eigenvalue weighted by atomic mass is 16.5. The second-order valence-electron chi connectivity index (χ2n) is 6.27. The number of methoxy groups -OCH3 is 1. The number of nitrogens with zero attached hydrogens (tertiary/aromatic N) is 2. The van der Waals surface area contributed by atoms with E-state index in [0.717, 1.165) is 18.8 Å². The third-order valence-corrected chi connectivity index (χ3v) is 4.83. The average molecular weight is 291 g/mol. The van der Waals surface area contributed by atoms with Crippen molar-refractivity contribution in [1.82, 2.24) is 9.80 Å². The highest BCUT2D eigenvalue weighted by molar-refractivity contribution is 5.29. The molecule has 1 aliphatic heterocycles. The van der Waals surface area contributed by atoms with Crippen molar-refractivity contribution in [3.8, 4) is 5.75 Å². The van der Waals surface area contributed by atoms with E-state index in [2.05, 4.69) is 43.0 Å². The molecule has 0 aliphatic carbocycles. The molecule has 1 fully saturated rings. The quantitative estimate of drug-likeness (QED) is 0.902. The van der Waals surface area contributed by atoms with Crippen molar-refractivity contribution in [2.75, 3.05) is 34.3 Å². The molecule has 1 aromatic rings. The lowest BCUT2D eigenvalue weighted by atomic mass is 9.96. The molecule has 0 radical (unpaired) electrons. The molecule has 118 valence electrons. The second kappa shape index (κ2) is 7.25. The second-order valence-corrected chi connectivity index (χ2v) is 6.27. The molecule has 0 saturated carbocycles. The topological polar surface area (TPSA) is 41.7 Å². The van der Waals surface area contributed by atoms with Crippen LogP contribution in [0, 0.1) is 0 Å². The van der Waals surface area contributed by atoms with Gasteiger partial charge in [-0.3, -0.25) is 4.90 Å². The van der Waals surface area contributed by atoms with Crippen molar-refractivity contribution in [3.05, 3.63) is 29.8 Å². The summed E-state index contributed by atoms with van der Waals surface area (Å²) in [6, 6.07) is 9.25. The molecule has 0 bridgehead atoms. The van der Waals surface area contributed by atoms with Crippen LogP contribution < -0.4 is 10.5 Å².